The zero-order valence-electron chi connectivity index (χ0n) is 22.9. The molecule has 5 saturated heterocycles. The van der Waals surface area contributed by atoms with E-state index in [1.54, 1.807) is 18.0 Å². The Kier molecular flexibility index (Phi) is 8.37. The molecule has 1 aliphatic carbocycles. The van der Waals surface area contributed by atoms with Crippen molar-refractivity contribution in [2.45, 2.75) is 85.7 Å². The Balaban J connectivity index is 0.985. The van der Waals surface area contributed by atoms with E-state index in [-0.39, 0.29) is 59.4 Å². The number of rotatable bonds is 6. The molecule has 13 heteroatoms. The first-order valence-electron chi connectivity index (χ1n) is 15.1. The van der Waals surface area contributed by atoms with Crippen LogP contribution in [0, 0.1) is 17.8 Å². The van der Waals surface area contributed by atoms with Crippen molar-refractivity contribution in [1.82, 2.24) is 30.9 Å². The highest BCUT2D eigenvalue weighted by Crippen LogP contribution is 2.46. The van der Waals surface area contributed by atoms with E-state index < -0.39 is 0 Å². The summed E-state index contributed by atoms with van der Waals surface area (Å²) in [5.74, 6) is 0.719. The molecule has 1 amide bonds. The topological polar surface area (TPSA) is 142 Å². The van der Waals surface area contributed by atoms with Crippen molar-refractivity contribution in [3.63, 3.8) is 0 Å². The first kappa shape index (κ1) is 27.9. The predicted molar refractivity (Wildman–Crippen MR) is 155 cm³/mol. The second kappa shape index (κ2) is 12.0. The second-order valence-corrected chi connectivity index (χ2v) is 14.7. The number of hydrogen-bond donors (Lipinski definition) is 6. The first-order valence-corrected chi connectivity index (χ1v) is 16.9. The van der Waals surface area contributed by atoms with E-state index in [0.29, 0.717) is 37.0 Å². The van der Waals surface area contributed by atoms with E-state index in [4.69, 9.17) is 15.2 Å². The number of nitrogens with two attached hydrogens (primary N) is 1. The number of carbonyl (C=O) groups excluding carboxylic acids is 2. The molecule has 6 aliphatic heterocycles. The molecule has 0 spiro atoms. The molecular formula is C27H43N7O4S2. The van der Waals surface area contributed by atoms with Gasteiger partial charge in [0.15, 0.2) is 5.78 Å². The summed E-state index contributed by atoms with van der Waals surface area (Å²) in [6.07, 6.45) is 7.95. The third kappa shape index (κ3) is 5.58. The van der Waals surface area contributed by atoms with Gasteiger partial charge in [0.25, 0.3) is 0 Å². The summed E-state index contributed by atoms with van der Waals surface area (Å²) in [5, 5.41) is 15.9. The average molecular weight is 594 g/mol. The number of amides is 1. The Morgan fingerprint density at radius 3 is 2.77 bits per heavy atom. The van der Waals surface area contributed by atoms with Crippen LogP contribution in [0.1, 0.15) is 38.5 Å². The van der Waals surface area contributed by atoms with Crippen molar-refractivity contribution in [2.75, 3.05) is 39.5 Å². The highest BCUT2D eigenvalue weighted by atomic mass is 32.2. The second-order valence-electron chi connectivity index (χ2n) is 12.4. The van der Waals surface area contributed by atoms with Gasteiger partial charge in [0.05, 0.1) is 54.5 Å². The van der Waals surface area contributed by atoms with Crippen LogP contribution >= 0.6 is 23.7 Å². The molecule has 7 N–H and O–H groups in total. The third-order valence-electron chi connectivity index (χ3n) is 9.86. The first-order chi connectivity index (χ1) is 19.5. The molecule has 0 aromatic rings. The maximum Gasteiger partial charge on any atom is 0.226 e. The van der Waals surface area contributed by atoms with Gasteiger partial charge in [0.1, 0.15) is 6.10 Å². The number of ether oxygens (including phenoxy) is 2. The van der Waals surface area contributed by atoms with Crippen LogP contribution in [0.2, 0.25) is 0 Å². The monoisotopic (exact) mass is 593 g/mol. The van der Waals surface area contributed by atoms with Crippen LogP contribution in [-0.2, 0) is 19.1 Å². The molecule has 222 valence electrons. The Hall–Kier alpha value is -0.900. The fourth-order valence-corrected chi connectivity index (χ4v) is 10.6. The van der Waals surface area contributed by atoms with Crippen LogP contribution in [0.5, 0.6) is 0 Å². The summed E-state index contributed by atoms with van der Waals surface area (Å²) in [5.41, 5.74) is 6.44. The normalized spacial score (nSPS) is 45.7. The summed E-state index contributed by atoms with van der Waals surface area (Å²) >= 11 is 3.57. The molecule has 11 nitrogen and oxygen atoms in total. The van der Waals surface area contributed by atoms with E-state index in [2.05, 4.69) is 30.9 Å². The summed E-state index contributed by atoms with van der Waals surface area (Å²) in [4.78, 5) is 28.1. The molecule has 40 heavy (non-hydrogen) atoms. The molecule has 0 radical (unpaired) electrons. The largest absolute Gasteiger partial charge is 0.378 e. The van der Waals surface area contributed by atoms with Crippen molar-refractivity contribution in [1.29, 1.82) is 0 Å². The standard InChI is InChI=1S/C27H43N7O4S2/c28-16-3-1-2-4-17(16)30-20-9-14-12-29-27(36)23(14)26(31-20)32-21-11-19(40-33-21)15-13-38-24-18(35)10-22(39-25(15)24)34-5-7-37-8-6-34/h10,14-17,19-21,23-26,30-33H,1-9,11-13,28H2,(H,29,36)/t14?,15?,16-,17+,19?,20?,21?,23?,24?,25?,26?/m1/s1. The number of nitrogens with one attached hydrogen (secondary N) is 5. The minimum absolute atomic E-state index is 0.0647. The highest BCUT2D eigenvalue weighted by Gasteiger charge is 2.51. The summed E-state index contributed by atoms with van der Waals surface area (Å²) < 4.78 is 15.2. The molecule has 7 rings (SSSR count). The number of nitrogens with zero attached hydrogens (tertiary/aromatic N) is 1. The van der Waals surface area contributed by atoms with Crippen molar-refractivity contribution < 1.29 is 19.1 Å². The van der Waals surface area contributed by atoms with Gasteiger partial charge in [-0.1, -0.05) is 24.8 Å². The number of morpholine rings is 1. The van der Waals surface area contributed by atoms with Crippen LogP contribution in [0.4, 0.5) is 0 Å². The van der Waals surface area contributed by atoms with Gasteiger partial charge in [0.2, 0.25) is 5.91 Å². The highest BCUT2D eigenvalue weighted by molar-refractivity contribution is 8.04. The minimum Gasteiger partial charge on any atom is -0.378 e. The number of fused-ring (bicyclic) bond motifs is 2. The van der Waals surface area contributed by atoms with Crippen LogP contribution in [0.25, 0.3) is 0 Å². The van der Waals surface area contributed by atoms with Gasteiger partial charge in [-0.05, 0) is 31.6 Å². The van der Waals surface area contributed by atoms with Crippen molar-refractivity contribution in [3.8, 4) is 0 Å². The maximum atomic E-state index is 13.0. The molecule has 9 unspecified atom stereocenters. The lowest BCUT2D eigenvalue weighted by atomic mass is 9.83. The van der Waals surface area contributed by atoms with E-state index >= 15 is 0 Å². The molecule has 0 aromatic carbocycles. The lowest BCUT2D eigenvalue weighted by Crippen LogP contribution is -2.67. The van der Waals surface area contributed by atoms with Crippen LogP contribution < -0.4 is 31.7 Å². The quantitative estimate of drug-likeness (QED) is 0.224. The van der Waals surface area contributed by atoms with Gasteiger partial charge in [0, 0.05) is 49.0 Å². The lowest BCUT2D eigenvalue weighted by Gasteiger charge is -2.42. The SMILES string of the molecule is N[C@@H]1CCCC[C@@H]1NC1CC2CNC(=O)C2C(NC2CC(C3COC4C(=O)C=C(N5CCOCC5)SC43)SN2)N1. The van der Waals surface area contributed by atoms with E-state index in [9.17, 15) is 9.59 Å². The third-order valence-corrected chi connectivity index (χ3v) is 12.6. The number of hydrogen-bond acceptors (Lipinski definition) is 12. The fraction of sp³-hybridized carbons (Fsp3) is 0.852. The zero-order valence-corrected chi connectivity index (χ0v) is 24.5. The number of carbonyl (C=O) groups is 2. The van der Waals surface area contributed by atoms with Gasteiger partial charge in [-0.3, -0.25) is 25.5 Å². The van der Waals surface area contributed by atoms with Crippen molar-refractivity contribution in [2.24, 2.45) is 23.5 Å². The van der Waals surface area contributed by atoms with Gasteiger partial charge >= 0.3 is 0 Å². The Labute approximate surface area is 244 Å². The van der Waals surface area contributed by atoms with Gasteiger partial charge in [-0.25, -0.2) is 4.72 Å². The van der Waals surface area contributed by atoms with Gasteiger partial charge < -0.3 is 25.4 Å². The van der Waals surface area contributed by atoms with Crippen LogP contribution in [0.3, 0.4) is 0 Å². The number of ketones is 1. The molecule has 1 saturated carbocycles. The average Bonchev–Trinajstić information content (AvgIpc) is 3.69. The maximum absolute atomic E-state index is 13.0. The smallest absolute Gasteiger partial charge is 0.226 e. The lowest BCUT2D eigenvalue weighted by molar-refractivity contribution is -0.125. The summed E-state index contributed by atoms with van der Waals surface area (Å²) in [7, 11) is 0. The molecule has 7 aliphatic rings. The Morgan fingerprint density at radius 1 is 1.07 bits per heavy atom. The van der Waals surface area contributed by atoms with Crippen molar-refractivity contribution >= 4 is 35.4 Å². The molecule has 11 atom stereocenters. The molecule has 0 bridgehead atoms. The molecule has 6 fully saturated rings. The van der Waals surface area contributed by atoms with Crippen molar-refractivity contribution in [3.05, 3.63) is 11.1 Å². The van der Waals surface area contributed by atoms with Gasteiger partial charge in [-0.15, -0.1) is 11.8 Å². The summed E-state index contributed by atoms with van der Waals surface area (Å²) in [6, 6.07) is 0.512. The molecule has 0 aromatic heterocycles. The zero-order chi connectivity index (χ0) is 27.2. The molecule has 6 heterocycles. The molecular weight excluding hydrogens is 550 g/mol. The predicted octanol–water partition coefficient (Wildman–Crippen LogP) is -0.347. The van der Waals surface area contributed by atoms with Crippen LogP contribution in [-0.4, -0.2) is 103 Å². The van der Waals surface area contributed by atoms with E-state index in [1.807, 2.05) is 11.8 Å². The van der Waals surface area contributed by atoms with E-state index in [0.717, 1.165) is 50.3 Å². The van der Waals surface area contributed by atoms with Crippen LogP contribution in [0.15, 0.2) is 11.1 Å². The summed E-state index contributed by atoms with van der Waals surface area (Å²) in [6.45, 7) is 4.40. The number of thioether (sulfide) groups is 1. The van der Waals surface area contributed by atoms with E-state index in [1.165, 1.54) is 12.8 Å². The number of piperidine rings is 1. The Morgan fingerprint density at radius 2 is 1.93 bits per heavy atom. The van der Waals surface area contributed by atoms with Gasteiger partial charge in [-0.2, -0.15) is 0 Å². The fourth-order valence-electron chi connectivity index (χ4n) is 7.68. The Bertz CT molecular complexity index is 1000. The minimum atomic E-state index is -0.353.